The van der Waals surface area contributed by atoms with Gasteiger partial charge in [0.15, 0.2) is 21.4 Å². The first kappa shape index (κ1) is 17.4. The number of halogens is 2. The Morgan fingerprint density at radius 3 is 2.52 bits per heavy atom. The molecule has 0 saturated heterocycles. The van der Waals surface area contributed by atoms with Gasteiger partial charge < -0.3 is 9.84 Å². The molecule has 2 rings (SSSR count). The van der Waals surface area contributed by atoms with Crippen molar-refractivity contribution in [3.63, 3.8) is 0 Å². The molecule has 2 aromatic carbocycles. The number of methoxy groups -OCH3 is 1. The molecule has 7 heteroatoms. The summed E-state index contributed by atoms with van der Waals surface area (Å²) in [4.78, 5) is 0. The number of ether oxygens (including phenoxy) is 1. The lowest BCUT2D eigenvalue weighted by Gasteiger charge is -2.13. The van der Waals surface area contributed by atoms with Crippen molar-refractivity contribution in [2.45, 2.75) is 11.9 Å². The molecule has 1 unspecified atom stereocenters. The highest BCUT2D eigenvalue weighted by Gasteiger charge is 2.20. The minimum Gasteiger partial charge on any atom is -0.494 e. The van der Waals surface area contributed by atoms with Crippen LogP contribution >= 0.6 is 0 Å². The largest absolute Gasteiger partial charge is 0.494 e. The van der Waals surface area contributed by atoms with Gasteiger partial charge in [0.25, 0.3) is 0 Å². The van der Waals surface area contributed by atoms with Gasteiger partial charge in [-0.1, -0.05) is 18.2 Å². The van der Waals surface area contributed by atoms with Crippen molar-refractivity contribution >= 4 is 9.84 Å². The van der Waals surface area contributed by atoms with Crippen LogP contribution in [0, 0.1) is 11.6 Å². The molecule has 1 N–H and O–H groups in total. The van der Waals surface area contributed by atoms with Crippen molar-refractivity contribution < 1.29 is 27.0 Å². The van der Waals surface area contributed by atoms with E-state index in [1.165, 1.54) is 37.4 Å². The summed E-state index contributed by atoms with van der Waals surface area (Å²) in [6.07, 6.45) is -1.38. The van der Waals surface area contributed by atoms with Gasteiger partial charge >= 0.3 is 0 Å². The summed E-state index contributed by atoms with van der Waals surface area (Å²) in [6, 6.07) is 8.97. The van der Waals surface area contributed by atoms with Gasteiger partial charge in [-0.15, -0.1) is 0 Å². The molecule has 0 spiro atoms. The van der Waals surface area contributed by atoms with Gasteiger partial charge in [0, 0.05) is 0 Å². The van der Waals surface area contributed by atoms with E-state index in [1.807, 2.05) is 0 Å². The topological polar surface area (TPSA) is 63.6 Å². The minimum absolute atomic E-state index is 0.00330. The lowest BCUT2D eigenvalue weighted by Crippen LogP contribution is -2.16. The second kappa shape index (κ2) is 7.06. The van der Waals surface area contributed by atoms with E-state index in [0.717, 1.165) is 12.1 Å². The Hall–Kier alpha value is -1.99. The first-order valence-corrected chi connectivity index (χ1v) is 8.59. The molecule has 0 aliphatic carbocycles. The molecule has 0 saturated carbocycles. The Bertz CT molecular complexity index is 790. The van der Waals surface area contributed by atoms with E-state index < -0.39 is 39.1 Å². The SMILES string of the molecule is COc1ccc(C(O)CS(=O)(=O)Cc2cccc(F)c2)cc1F. The maximum Gasteiger partial charge on any atom is 0.165 e. The lowest BCUT2D eigenvalue weighted by molar-refractivity contribution is 0.201. The summed E-state index contributed by atoms with van der Waals surface area (Å²) in [6.45, 7) is 0. The average molecular weight is 342 g/mol. The lowest BCUT2D eigenvalue weighted by atomic mass is 10.1. The van der Waals surface area contributed by atoms with Crippen LogP contribution in [0.4, 0.5) is 8.78 Å². The summed E-state index contributed by atoms with van der Waals surface area (Å²) in [5.41, 5.74) is 0.421. The van der Waals surface area contributed by atoms with Crippen LogP contribution in [0.25, 0.3) is 0 Å². The molecule has 0 aliphatic rings. The Morgan fingerprint density at radius 1 is 1.17 bits per heavy atom. The first-order chi connectivity index (χ1) is 10.8. The molecule has 0 aromatic heterocycles. The van der Waals surface area contributed by atoms with E-state index in [4.69, 9.17) is 4.74 Å². The van der Waals surface area contributed by atoms with Gasteiger partial charge in [-0.25, -0.2) is 17.2 Å². The van der Waals surface area contributed by atoms with Crippen LogP contribution in [0.2, 0.25) is 0 Å². The van der Waals surface area contributed by atoms with Gasteiger partial charge in [-0.05, 0) is 35.4 Å². The molecule has 0 bridgehead atoms. The second-order valence-corrected chi connectivity index (χ2v) is 7.20. The standard InChI is InChI=1S/C16H16F2O4S/c1-22-16-6-5-12(8-14(16)18)15(19)10-23(20,21)9-11-3-2-4-13(17)7-11/h2-8,15,19H,9-10H2,1H3. The van der Waals surface area contributed by atoms with Crippen molar-refractivity contribution in [2.75, 3.05) is 12.9 Å². The monoisotopic (exact) mass is 342 g/mol. The molecule has 124 valence electrons. The van der Waals surface area contributed by atoms with Crippen molar-refractivity contribution in [3.05, 3.63) is 65.2 Å². The Balaban J connectivity index is 2.12. The smallest absolute Gasteiger partial charge is 0.165 e. The summed E-state index contributed by atoms with van der Waals surface area (Å²) < 4.78 is 55.7. The molecule has 1 atom stereocenters. The molecule has 4 nitrogen and oxygen atoms in total. The number of hydrogen-bond acceptors (Lipinski definition) is 4. The highest BCUT2D eigenvalue weighted by Crippen LogP contribution is 2.23. The predicted molar refractivity (Wildman–Crippen MR) is 81.8 cm³/mol. The highest BCUT2D eigenvalue weighted by atomic mass is 32.2. The molecule has 23 heavy (non-hydrogen) atoms. The molecule has 0 fully saturated rings. The summed E-state index contributed by atoms with van der Waals surface area (Å²) in [5, 5.41) is 10.0. The zero-order chi connectivity index (χ0) is 17.0. The van der Waals surface area contributed by atoms with E-state index in [0.29, 0.717) is 0 Å². The van der Waals surface area contributed by atoms with Crippen LogP contribution in [-0.2, 0) is 15.6 Å². The number of hydrogen-bond donors (Lipinski definition) is 1. The fraction of sp³-hybridized carbons (Fsp3) is 0.250. The van der Waals surface area contributed by atoms with Crippen molar-refractivity contribution in [1.82, 2.24) is 0 Å². The molecule has 0 heterocycles. The van der Waals surface area contributed by atoms with Crippen molar-refractivity contribution in [2.24, 2.45) is 0 Å². The minimum atomic E-state index is -3.70. The first-order valence-electron chi connectivity index (χ1n) is 6.77. The van der Waals surface area contributed by atoms with Gasteiger partial charge in [-0.3, -0.25) is 0 Å². The molecular weight excluding hydrogens is 326 g/mol. The Morgan fingerprint density at radius 2 is 1.91 bits per heavy atom. The third-order valence-electron chi connectivity index (χ3n) is 3.25. The Labute approximate surface area is 133 Å². The quantitative estimate of drug-likeness (QED) is 0.876. The van der Waals surface area contributed by atoms with Gasteiger partial charge in [-0.2, -0.15) is 0 Å². The predicted octanol–water partition coefficient (Wildman–Crippen LogP) is 2.62. The summed E-state index contributed by atoms with van der Waals surface area (Å²) in [5.74, 6) is -2.21. The number of aliphatic hydroxyl groups excluding tert-OH is 1. The van der Waals surface area contributed by atoms with Gasteiger partial charge in [0.1, 0.15) is 5.82 Å². The third kappa shape index (κ3) is 4.74. The fourth-order valence-corrected chi connectivity index (χ4v) is 3.65. The molecule has 0 aliphatic heterocycles. The maximum absolute atomic E-state index is 13.6. The second-order valence-electron chi connectivity index (χ2n) is 5.09. The van der Waals surface area contributed by atoms with Gasteiger partial charge in [0.05, 0.1) is 24.7 Å². The fourth-order valence-electron chi connectivity index (χ4n) is 2.17. The zero-order valence-corrected chi connectivity index (χ0v) is 13.2. The number of benzene rings is 2. The molecule has 2 aromatic rings. The van der Waals surface area contributed by atoms with Crippen LogP contribution in [0.3, 0.4) is 0 Å². The number of sulfone groups is 1. The van der Waals surface area contributed by atoms with Crippen LogP contribution in [0.1, 0.15) is 17.2 Å². The van der Waals surface area contributed by atoms with Crippen molar-refractivity contribution in [1.29, 1.82) is 0 Å². The van der Waals surface area contributed by atoms with Crippen LogP contribution < -0.4 is 4.74 Å². The van der Waals surface area contributed by atoms with Crippen molar-refractivity contribution in [3.8, 4) is 5.75 Å². The van der Waals surface area contributed by atoms with E-state index in [2.05, 4.69) is 0 Å². The van der Waals surface area contributed by atoms with Crippen LogP contribution in [0.15, 0.2) is 42.5 Å². The highest BCUT2D eigenvalue weighted by molar-refractivity contribution is 7.90. The Kier molecular flexibility index (Phi) is 5.33. The normalized spacial score (nSPS) is 12.9. The summed E-state index contributed by atoms with van der Waals surface area (Å²) in [7, 11) is -2.39. The van der Waals surface area contributed by atoms with E-state index in [1.54, 1.807) is 0 Å². The van der Waals surface area contributed by atoms with Gasteiger partial charge in [0.2, 0.25) is 0 Å². The van der Waals surface area contributed by atoms with E-state index in [9.17, 15) is 22.3 Å². The summed E-state index contributed by atoms with van der Waals surface area (Å²) >= 11 is 0. The average Bonchev–Trinajstić information content (AvgIpc) is 2.46. The molecular formula is C16H16F2O4S. The van der Waals surface area contributed by atoms with Crippen LogP contribution in [0.5, 0.6) is 5.75 Å². The molecule has 0 amide bonds. The molecule has 0 radical (unpaired) electrons. The number of rotatable bonds is 6. The van der Waals surface area contributed by atoms with Crippen LogP contribution in [-0.4, -0.2) is 26.4 Å². The zero-order valence-electron chi connectivity index (χ0n) is 12.4. The third-order valence-corrected chi connectivity index (χ3v) is 4.84. The van der Waals surface area contributed by atoms with E-state index in [-0.39, 0.29) is 16.9 Å². The van der Waals surface area contributed by atoms with E-state index >= 15 is 0 Å². The number of aliphatic hydroxyl groups is 1. The maximum atomic E-state index is 13.6.